The topological polar surface area (TPSA) is 99.1 Å². The van der Waals surface area contributed by atoms with Gasteiger partial charge in [-0.15, -0.1) is 0 Å². The van der Waals surface area contributed by atoms with Gasteiger partial charge in [0.25, 0.3) is 6.47 Å². The number of carbonyl (C=O) groups excluding carboxylic acids is 2. The third-order valence-corrected chi connectivity index (χ3v) is 5.51. The molecule has 1 aliphatic rings. The quantitative estimate of drug-likeness (QED) is 0.170. The second-order valence-electron chi connectivity index (χ2n) is 6.98. The maximum absolute atomic E-state index is 11.8. The Labute approximate surface area is 199 Å². The Bertz CT molecular complexity index is 1210. The van der Waals surface area contributed by atoms with Crippen LogP contribution in [-0.2, 0) is 25.7 Å². The molecule has 0 saturated heterocycles. The van der Waals surface area contributed by atoms with E-state index in [0.29, 0.717) is 34.5 Å². The number of halogens is 2. The number of carboxylic acid groups (broad SMARTS) is 1. The van der Waals surface area contributed by atoms with Gasteiger partial charge in [0.15, 0.2) is 5.75 Å². The van der Waals surface area contributed by atoms with E-state index in [0.717, 1.165) is 0 Å². The summed E-state index contributed by atoms with van der Waals surface area (Å²) in [5.41, 5.74) is 1.68. The van der Waals surface area contributed by atoms with Crippen LogP contribution in [-0.4, -0.2) is 23.5 Å². The van der Waals surface area contributed by atoms with Gasteiger partial charge in [-0.1, -0.05) is 48.5 Å². The number of hydrogen-bond donors (Lipinski definition) is 1. The largest absolute Gasteiger partial charge is 0.478 e. The summed E-state index contributed by atoms with van der Waals surface area (Å²) in [6.07, 6.45) is 2.98. The van der Waals surface area contributed by atoms with Crippen LogP contribution >= 0.6 is 23.2 Å². The first-order chi connectivity index (χ1) is 15.7. The number of allylic oxidation sites excluding steroid dienone is 2. The van der Waals surface area contributed by atoms with Crippen molar-refractivity contribution in [3.8, 4) is 17.2 Å². The zero-order chi connectivity index (χ0) is 24.3. The smallest absolute Gasteiger partial charge is 0.335 e. The molecule has 0 radical (unpaired) electrons. The second-order valence-corrected chi connectivity index (χ2v) is 7.79. The van der Waals surface area contributed by atoms with E-state index < -0.39 is 17.9 Å². The summed E-state index contributed by atoms with van der Waals surface area (Å²) in [7, 11) is 0. The van der Waals surface area contributed by atoms with Crippen molar-refractivity contribution in [1.29, 1.82) is 0 Å². The molecular formula is C24H18Cl2O7. The van der Waals surface area contributed by atoms with Gasteiger partial charge in [-0.05, 0) is 23.8 Å². The minimum absolute atomic E-state index is 0.0786. The minimum Gasteiger partial charge on any atom is -0.478 e. The Hall–Kier alpha value is -3.55. The molecule has 0 spiro atoms. The van der Waals surface area contributed by atoms with Gasteiger partial charge in [-0.25, -0.2) is 4.79 Å². The molecule has 0 aliphatic carbocycles. The molecule has 2 aromatic carbocycles. The van der Waals surface area contributed by atoms with Gasteiger partial charge in [0.1, 0.15) is 18.1 Å². The summed E-state index contributed by atoms with van der Waals surface area (Å²) in [4.78, 5) is 33.9. The average Bonchev–Trinajstić information content (AvgIpc) is 2.75. The van der Waals surface area contributed by atoms with Crippen molar-refractivity contribution < 1.29 is 33.7 Å². The number of fused-ring (bicyclic) bond motifs is 2. The van der Waals surface area contributed by atoms with E-state index in [4.69, 9.17) is 37.4 Å². The van der Waals surface area contributed by atoms with E-state index >= 15 is 0 Å². The molecule has 3 rings (SSSR count). The normalized spacial score (nSPS) is 14.3. The third-order valence-electron chi connectivity index (χ3n) is 4.86. The van der Waals surface area contributed by atoms with E-state index in [9.17, 15) is 19.5 Å². The fourth-order valence-electron chi connectivity index (χ4n) is 3.50. The fourth-order valence-corrected chi connectivity index (χ4v) is 3.94. The number of carboxylic acids is 1. The molecule has 7 nitrogen and oxygen atoms in total. The first kappa shape index (κ1) is 24.1. The average molecular weight is 489 g/mol. The number of rotatable bonds is 8. The number of benzene rings is 2. The van der Waals surface area contributed by atoms with Crippen LogP contribution < -0.4 is 9.47 Å². The van der Waals surface area contributed by atoms with E-state index in [1.807, 2.05) is 0 Å². The van der Waals surface area contributed by atoms with Crippen LogP contribution in [0.4, 0.5) is 0 Å². The molecule has 0 saturated carbocycles. The highest BCUT2D eigenvalue weighted by Gasteiger charge is 2.34. The monoisotopic (exact) mass is 488 g/mol. The Balaban J connectivity index is 2.29. The van der Waals surface area contributed by atoms with Gasteiger partial charge in [0.2, 0.25) is 0 Å². The van der Waals surface area contributed by atoms with Crippen molar-refractivity contribution in [3.63, 3.8) is 0 Å². The summed E-state index contributed by atoms with van der Waals surface area (Å²) in [6, 6.07) is 6.17. The van der Waals surface area contributed by atoms with E-state index in [1.165, 1.54) is 31.2 Å². The van der Waals surface area contributed by atoms with Gasteiger partial charge in [-0.3, -0.25) is 9.59 Å². The summed E-state index contributed by atoms with van der Waals surface area (Å²) in [5.74, 6) is -1.79. The molecule has 33 heavy (non-hydrogen) atoms. The van der Waals surface area contributed by atoms with Crippen molar-refractivity contribution in [1.82, 2.24) is 0 Å². The molecule has 170 valence electrons. The lowest BCUT2D eigenvalue weighted by Gasteiger charge is -2.31. The van der Waals surface area contributed by atoms with Gasteiger partial charge in [0, 0.05) is 40.6 Å². The van der Waals surface area contributed by atoms with Crippen molar-refractivity contribution in [3.05, 3.63) is 87.5 Å². The molecule has 0 aromatic heterocycles. The predicted octanol–water partition coefficient (Wildman–Crippen LogP) is 5.58. The van der Waals surface area contributed by atoms with Crippen LogP contribution in [0.5, 0.6) is 17.2 Å². The van der Waals surface area contributed by atoms with Crippen molar-refractivity contribution >= 4 is 41.6 Å². The van der Waals surface area contributed by atoms with E-state index in [1.54, 1.807) is 12.1 Å². The molecule has 1 N–H and O–H groups in total. The molecular weight excluding hydrogens is 471 g/mol. The van der Waals surface area contributed by atoms with Gasteiger partial charge in [0.05, 0.1) is 10.6 Å². The van der Waals surface area contributed by atoms with Gasteiger partial charge < -0.3 is 19.3 Å². The van der Waals surface area contributed by atoms with Gasteiger partial charge in [-0.2, -0.15) is 0 Å². The lowest BCUT2D eigenvalue weighted by Crippen LogP contribution is -2.17. The predicted molar refractivity (Wildman–Crippen MR) is 122 cm³/mol. The van der Waals surface area contributed by atoms with Gasteiger partial charge >= 0.3 is 11.9 Å². The molecule has 0 bridgehead atoms. The van der Waals surface area contributed by atoms with Crippen LogP contribution in [0.25, 0.3) is 0 Å². The van der Waals surface area contributed by atoms with Crippen LogP contribution in [0, 0.1) is 0 Å². The highest BCUT2D eigenvalue weighted by Crippen LogP contribution is 2.52. The van der Waals surface area contributed by atoms with Crippen molar-refractivity contribution in [2.75, 3.05) is 0 Å². The number of hydrogen-bond acceptors (Lipinski definition) is 6. The number of carbonyl (C=O) groups is 3. The van der Waals surface area contributed by atoms with Crippen molar-refractivity contribution in [2.24, 2.45) is 0 Å². The second kappa shape index (κ2) is 9.94. The third kappa shape index (κ3) is 4.94. The van der Waals surface area contributed by atoms with Crippen LogP contribution in [0.1, 0.15) is 29.5 Å². The lowest BCUT2D eigenvalue weighted by molar-refractivity contribution is -0.133. The highest BCUT2D eigenvalue weighted by molar-refractivity contribution is 6.32. The van der Waals surface area contributed by atoms with E-state index in [-0.39, 0.29) is 33.7 Å². The molecule has 1 heterocycles. The van der Waals surface area contributed by atoms with E-state index in [2.05, 4.69) is 13.2 Å². The maximum Gasteiger partial charge on any atom is 0.335 e. The Morgan fingerprint density at radius 3 is 2.36 bits per heavy atom. The number of ether oxygens (including phenoxy) is 3. The molecule has 2 aromatic rings. The van der Waals surface area contributed by atoms with Crippen LogP contribution in [0.2, 0.25) is 10.0 Å². The highest BCUT2D eigenvalue weighted by atomic mass is 35.5. The number of aliphatic carboxylic acids is 1. The summed E-state index contributed by atoms with van der Waals surface area (Å²) in [5, 5.41) is 10.0. The van der Waals surface area contributed by atoms with Crippen molar-refractivity contribution in [2.45, 2.75) is 19.4 Å². The minimum atomic E-state index is -1.22. The summed E-state index contributed by atoms with van der Waals surface area (Å²) in [6.45, 7) is 8.82. The first-order valence-corrected chi connectivity index (χ1v) is 10.3. The summed E-state index contributed by atoms with van der Waals surface area (Å²) < 4.78 is 16.0. The molecule has 1 unspecified atom stereocenters. The lowest BCUT2D eigenvalue weighted by atomic mass is 9.79. The standard InChI is InChI=1S/C24H18Cl2O7/c1-4-5-15(12(2)24(29)30)23-16-7-18(25)14(10-31-11-27)6-20(16)33-21-9-22(32-13(3)28)19(26)8-17(21)23/h4-9,11,23H,1-2,10H2,3H3,(H,29,30). The maximum atomic E-state index is 11.8. The molecule has 0 fully saturated rings. The Morgan fingerprint density at radius 2 is 1.79 bits per heavy atom. The van der Waals surface area contributed by atoms with Crippen LogP contribution in [0.15, 0.2) is 60.7 Å². The zero-order valence-electron chi connectivity index (χ0n) is 17.4. The molecule has 9 heteroatoms. The molecule has 1 aliphatic heterocycles. The zero-order valence-corrected chi connectivity index (χ0v) is 18.9. The number of esters is 1. The van der Waals surface area contributed by atoms with Crippen LogP contribution in [0.3, 0.4) is 0 Å². The fraction of sp³-hybridized carbons (Fsp3) is 0.125. The molecule has 0 amide bonds. The molecule has 1 atom stereocenters. The Kier molecular flexibility index (Phi) is 7.26. The first-order valence-electron chi connectivity index (χ1n) is 9.50. The Morgan fingerprint density at radius 1 is 1.15 bits per heavy atom. The SMILES string of the molecule is C=CC=C(C(=C)C(=O)O)C1c2cc(Cl)c(COC=O)cc2Oc2cc(OC(C)=O)c(Cl)cc21. The summed E-state index contributed by atoms with van der Waals surface area (Å²) >= 11 is 12.8.